The van der Waals surface area contributed by atoms with Gasteiger partial charge in [0.2, 0.25) is 5.91 Å². The smallest absolute Gasteiger partial charge is 0.228 e. The van der Waals surface area contributed by atoms with Crippen molar-refractivity contribution in [3.8, 4) is 0 Å². The number of hydrogen-bond acceptors (Lipinski definition) is 4. The lowest BCUT2D eigenvalue weighted by Crippen LogP contribution is -2.44. The van der Waals surface area contributed by atoms with Crippen LogP contribution in [0.25, 0.3) is 0 Å². The molecule has 1 aliphatic heterocycles. The second-order valence-corrected chi connectivity index (χ2v) is 5.62. The maximum atomic E-state index is 11.9. The molecule has 5 heteroatoms. The SMILES string of the molecule is CC(C)(CN)c1ccc2c(c1)CCC(=O)N2CNN. The molecule has 0 aromatic heterocycles. The Bertz CT molecular complexity index is 484. The number of aryl methyl sites for hydroxylation is 1. The standard InChI is InChI=1S/C14H22N4O/c1-14(2,8-15)11-4-5-12-10(7-11)3-6-13(19)18(12)9-17-16/h4-5,7,17H,3,6,8-9,15-16H2,1-2H3. The summed E-state index contributed by atoms with van der Waals surface area (Å²) < 4.78 is 0. The van der Waals surface area contributed by atoms with E-state index < -0.39 is 0 Å². The van der Waals surface area contributed by atoms with Crippen molar-refractivity contribution in [2.75, 3.05) is 18.1 Å². The number of carbonyl (C=O) groups is 1. The largest absolute Gasteiger partial charge is 0.330 e. The van der Waals surface area contributed by atoms with Crippen LogP contribution in [0.1, 0.15) is 31.4 Å². The number of hydrogen-bond donors (Lipinski definition) is 3. The van der Waals surface area contributed by atoms with E-state index in [0.29, 0.717) is 19.6 Å². The molecule has 1 aromatic rings. The highest BCUT2D eigenvalue weighted by Crippen LogP contribution is 2.32. The van der Waals surface area contributed by atoms with Crippen molar-refractivity contribution < 1.29 is 4.79 Å². The van der Waals surface area contributed by atoms with Crippen molar-refractivity contribution in [3.05, 3.63) is 29.3 Å². The van der Waals surface area contributed by atoms with E-state index in [4.69, 9.17) is 11.6 Å². The molecule has 1 amide bonds. The van der Waals surface area contributed by atoms with Crippen LogP contribution in [0, 0.1) is 0 Å². The van der Waals surface area contributed by atoms with E-state index in [2.05, 4.69) is 25.3 Å². The van der Waals surface area contributed by atoms with Gasteiger partial charge in [0.25, 0.3) is 0 Å². The maximum Gasteiger partial charge on any atom is 0.228 e. The zero-order valence-electron chi connectivity index (χ0n) is 11.6. The summed E-state index contributed by atoms with van der Waals surface area (Å²) in [5.41, 5.74) is 11.7. The van der Waals surface area contributed by atoms with E-state index in [1.54, 1.807) is 4.90 Å². The third kappa shape index (κ3) is 2.63. The first kappa shape index (κ1) is 14.0. The van der Waals surface area contributed by atoms with Crippen LogP contribution in [0.3, 0.4) is 0 Å². The van der Waals surface area contributed by atoms with Gasteiger partial charge in [0, 0.05) is 24.1 Å². The van der Waals surface area contributed by atoms with Gasteiger partial charge in [-0.3, -0.25) is 15.5 Å². The molecule has 0 unspecified atom stereocenters. The van der Waals surface area contributed by atoms with E-state index in [0.717, 1.165) is 12.1 Å². The number of nitrogens with two attached hydrogens (primary N) is 2. The Morgan fingerprint density at radius 2 is 2.11 bits per heavy atom. The fourth-order valence-electron chi connectivity index (χ4n) is 2.36. The molecule has 0 radical (unpaired) electrons. The van der Waals surface area contributed by atoms with Crippen molar-refractivity contribution in [1.29, 1.82) is 0 Å². The van der Waals surface area contributed by atoms with Crippen molar-refractivity contribution >= 4 is 11.6 Å². The molecule has 104 valence electrons. The van der Waals surface area contributed by atoms with Crippen LogP contribution in [-0.2, 0) is 16.6 Å². The number of amides is 1. The van der Waals surface area contributed by atoms with Gasteiger partial charge >= 0.3 is 0 Å². The molecule has 0 saturated carbocycles. The Balaban J connectivity index is 2.39. The molecule has 2 rings (SSSR count). The van der Waals surface area contributed by atoms with Gasteiger partial charge in [0.05, 0.1) is 6.67 Å². The highest BCUT2D eigenvalue weighted by molar-refractivity contribution is 5.96. The van der Waals surface area contributed by atoms with E-state index in [-0.39, 0.29) is 11.3 Å². The number of nitrogens with one attached hydrogen (secondary N) is 1. The number of carbonyl (C=O) groups excluding carboxylic acids is 1. The van der Waals surface area contributed by atoms with Crippen molar-refractivity contribution in [1.82, 2.24) is 5.43 Å². The number of fused-ring (bicyclic) bond motifs is 1. The number of rotatable bonds is 4. The zero-order valence-corrected chi connectivity index (χ0v) is 11.6. The Kier molecular flexibility index (Phi) is 3.89. The number of hydrazine groups is 1. The summed E-state index contributed by atoms with van der Waals surface area (Å²) in [5.74, 6) is 5.45. The quantitative estimate of drug-likeness (QED) is 0.548. The van der Waals surface area contributed by atoms with Crippen LogP contribution in [0.4, 0.5) is 5.69 Å². The molecule has 1 heterocycles. The van der Waals surface area contributed by atoms with E-state index in [1.165, 1.54) is 11.1 Å². The summed E-state index contributed by atoms with van der Waals surface area (Å²) in [4.78, 5) is 13.6. The Labute approximate surface area is 113 Å². The minimum atomic E-state index is -0.0482. The average Bonchev–Trinajstić information content (AvgIpc) is 2.41. The first-order valence-electron chi connectivity index (χ1n) is 6.57. The van der Waals surface area contributed by atoms with E-state index >= 15 is 0 Å². The Morgan fingerprint density at radius 3 is 2.74 bits per heavy atom. The molecule has 0 saturated heterocycles. The van der Waals surface area contributed by atoms with Crippen molar-refractivity contribution in [2.45, 2.75) is 32.1 Å². The monoisotopic (exact) mass is 262 g/mol. The normalized spacial score (nSPS) is 15.6. The van der Waals surface area contributed by atoms with Crippen LogP contribution < -0.4 is 21.9 Å². The third-order valence-corrected chi connectivity index (χ3v) is 3.82. The fraction of sp³-hybridized carbons (Fsp3) is 0.500. The first-order valence-corrected chi connectivity index (χ1v) is 6.57. The molecule has 19 heavy (non-hydrogen) atoms. The molecule has 0 bridgehead atoms. The zero-order chi connectivity index (χ0) is 14.0. The lowest BCUT2D eigenvalue weighted by atomic mass is 9.83. The van der Waals surface area contributed by atoms with Crippen LogP contribution in [-0.4, -0.2) is 19.1 Å². The first-order chi connectivity index (χ1) is 8.99. The Morgan fingerprint density at radius 1 is 1.37 bits per heavy atom. The van der Waals surface area contributed by atoms with Gasteiger partial charge in [-0.1, -0.05) is 26.0 Å². The van der Waals surface area contributed by atoms with Crippen LogP contribution >= 0.6 is 0 Å². The molecule has 1 aromatic carbocycles. The molecule has 0 aliphatic carbocycles. The van der Waals surface area contributed by atoms with E-state index in [9.17, 15) is 4.79 Å². The second kappa shape index (κ2) is 5.28. The van der Waals surface area contributed by atoms with Gasteiger partial charge in [-0.2, -0.15) is 0 Å². The van der Waals surface area contributed by atoms with Gasteiger partial charge < -0.3 is 5.73 Å². The van der Waals surface area contributed by atoms with Gasteiger partial charge in [-0.05, 0) is 23.6 Å². The van der Waals surface area contributed by atoms with Gasteiger partial charge in [-0.15, -0.1) is 0 Å². The lowest BCUT2D eigenvalue weighted by molar-refractivity contribution is -0.119. The molecule has 0 atom stereocenters. The molecule has 5 nitrogen and oxygen atoms in total. The van der Waals surface area contributed by atoms with Gasteiger partial charge in [0.1, 0.15) is 0 Å². The number of nitrogens with zero attached hydrogens (tertiary/aromatic N) is 1. The van der Waals surface area contributed by atoms with Gasteiger partial charge in [0.15, 0.2) is 0 Å². The molecule has 1 aliphatic rings. The number of anilines is 1. The Hall–Kier alpha value is -1.43. The maximum absolute atomic E-state index is 11.9. The summed E-state index contributed by atoms with van der Waals surface area (Å²) in [5, 5.41) is 0. The molecule has 0 spiro atoms. The third-order valence-electron chi connectivity index (χ3n) is 3.82. The summed E-state index contributed by atoms with van der Waals surface area (Å²) in [6.07, 6.45) is 1.31. The number of benzene rings is 1. The lowest BCUT2D eigenvalue weighted by Gasteiger charge is -2.31. The van der Waals surface area contributed by atoms with Crippen LogP contribution in [0.5, 0.6) is 0 Å². The summed E-state index contributed by atoms with van der Waals surface area (Å²) in [6.45, 7) is 5.19. The average molecular weight is 262 g/mol. The molecular weight excluding hydrogens is 240 g/mol. The second-order valence-electron chi connectivity index (χ2n) is 5.62. The molecule has 0 fully saturated rings. The topological polar surface area (TPSA) is 84.4 Å². The minimum absolute atomic E-state index is 0.0482. The molecule has 5 N–H and O–H groups in total. The summed E-state index contributed by atoms with van der Waals surface area (Å²) in [7, 11) is 0. The minimum Gasteiger partial charge on any atom is -0.330 e. The summed E-state index contributed by atoms with van der Waals surface area (Å²) >= 11 is 0. The van der Waals surface area contributed by atoms with Crippen LogP contribution in [0.2, 0.25) is 0 Å². The predicted molar refractivity (Wildman–Crippen MR) is 76.5 cm³/mol. The highest BCUT2D eigenvalue weighted by Gasteiger charge is 2.26. The van der Waals surface area contributed by atoms with Gasteiger partial charge in [-0.25, -0.2) is 5.43 Å². The fourth-order valence-corrected chi connectivity index (χ4v) is 2.36. The van der Waals surface area contributed by atoms with Crippen LogP contribution in [0.15, 0.2) is 18.2 Å². The predicted octanol–water partition coefficient (Wildman–Crippen LogP) is 0.623. The van der Waals surface area contributed by atoms with E-state index in [1.807, 2.05) is 12.1 Å². The molecular formula is C14H22N4O. The van der Waals surface area contributed by atoms with Crippen molar-refractivity contribution in [2.24, 2.45) is 11.6 Å². The highest BCUT2D eigenvalue weighted by atomic mass is 16.2. The summed E-state index contributed by atoms with van der Waals surface area (Å²) in [6, 6.07) is 6.21. The van der Waals surface area contributed by atoms with Crippen molar-refractivity contribution in [3.63, 3.8) is 0 Å².